The maximum Gasteiger partial charge on any atom is 0.228 e. The molecule has 29 heavy (non-hydrogen) atoms. The number of anilines is 1. The highest BCUT2D eigenvalue weighted by Gasteiger charge is 2.48. The number of nitrogens with one attached hydrogen (secondary N) is 2. The maximum absolute atomic E-state index is 12.5. The van der Waals surface area contributed by atoms with Gasteiger partial charge in [0.25, 0.3) is 0 Å². The summed E-state index contributed by atoms with van der Waals surface area (Å²) in [5.41, 5.74) is 1.83. The Morgan fingerprint density at radius 2 is 1.55 bits per heavy atom. The van der Waals surface area contributed by atoms with Gasteiger partial charge in [-0.1, -0.05) is 49.6 Å². The summed E-state index contributed by atoms with van der Waals surface area (Å²) in [5.74, 6) is 0.328. The first-order valence-corrected chi connectivity index (χ1v) is 10.6. The van der Waals surface area contributed by atoms with Crippen LogP contribution in [0.2, 0.25) is 0 Å². The third-order valence-electron chi connectivity index (χ3n) is 5.79. The van der Waals surface area contributed by atoms with E-state index < -0.39 is 0 Å². The molecule has 0 heterocycles. The lowest BCUT2D eigenvalue weighted by molar-refractivity contribution is -0.126. The molecule has 5 heteroatoms. The molecule has 4 rings (SSSR count). The molecule has 2 N–H and O–H groups in total. The first-order valence-electron chi connectivity index (χ1n) is 10.6. The standard InChI is InChI=1S/C24H28N2O3/c27-23(25-18-9-5-2-6-10-18)21-15-22(21)24(28)26-19-11-13-20(14-12-19)29-16-17-7-3-1-4-8-17/h1,3-4,7-8,11-14,18,21-22H,2,5-6,9-10,15-16H2,(H,25,27)(H,26,28). The van der Waals surface area contributed by atoms with Gasteiger partial charge in [-0.25, -0.2) is 0 Å². The van der Waals surface area contributed by atoms with Crippen molar-refractivity contribution in [2.24, 2.45) is 11.8 Å². The van der Waals surface area contributed by atoms with E-state index >= 15 is 0 Å². The van der Waals surface area contributed by atoms with Gasteiger partial charge in [-0.2, -0.15) is 0 Å². The second-order valence-electron chi connectivity index (χ2n) is 8.08. The Balaban J connectivity index is 1.22. The Hall–Kier alpha value is -2.82. The summed E-state index contributed by atoms with van der Waals surface area (Å²) in [6.45, 7) is 0.506. The number of rotatable bonds is 7. The van der Waals surface area contributed by atoms with E-state index in [0.717, 1.165) is 29.8 Å². The second kappa shape index (κ2) is 9.12. The first kappa shape index (κ1) is 19.5. The van der Waals surface area contributed by atoms with E-state index in [1.165, 1.54) is 19.3 Å². The molecule has 2 aromatic rings. The number of hydrogen-bond acceptors (Lipinski definition) is 3. The van der Waals surface area contributed by atoms with Crippen LogP contribution in [-0.4, -0.2) is 17.9 Å². The fourth-order valence-corrected chi connectivity index (χ4v) is 3.94. The molecular weight excluding hydrogens is 364 g/mol. The van der Waals surface area contributed by atoms with Crippen molar-refractivity contribution in [2.45, 2.75) is 51.2 Å². The lowest BCUT2D eigenvalue weighted by atomic mass is 9.95. The minimum atomic E-state index is -0.215. The van der Waals surface area contributed by atoms with Crippen LogP contribution in [0.1, 0.15) is 44.1 Å². The van der Waals surface area contributed by atoms with Crippen molar-refractivity contribution in [3.8, 4) is 5.75 Å². The largest absolute Gasteiger partial charge is 0.489 e. The van der Waals surface area contributed by atoms with Crippen LogP contribution in [0, 0.1) is 11.8 Å². The van der Waals surface area contributed by atoms with Crippen LogP contribution in [0.15, 0.2) is 54.6 Å². The van der Waals surface area contributed by atoms with Crippen LogP contribution in [0.3, 0.4) is 0 Å². The zero-order chi connectivity index (χ0) is 20.1. The first-order chi connectivity index (χ1) is 14.2. The summed E-state index contributed by atoms with van der Waals surface area (Å²) in [5, 5.41) is 6.05. The fourth-order valence-electron chi connectivity index (χ4n) is 3.94. The van der Waals surface area contributed by atoms with E-state index in [9.17, 15) is 9.59 Å². The number of hydrogen-bond donors (Lipinski definition) is 2. The lowest BCUT2D eigenvalue weighted by Gasteiger charge is -2.22. The number of ether oxygens (including phenoxy) is 1. The average molecular weight is 392 g/mol. The van der Waals surface area contributed by atoms with E-state index in [0.29, 0.717) is 19.1 Å². The molecule has 0 aromatic heterocycles. The predicted octanol–water partition coefficient (Wildman–Crippen LogP) is 4.29. The van der Waals surface area contributed by atoms with Crippen LogP contribution in [0.5, 0.6) is 5.75 Å². The van der Waals surface area contributed by atoms with Crippen LogP contribution in [0.25, 0.3) is 0 Å². The SMILES string of the molecule is O=C(Nc1ccc(OCc2ccccc2)cc1)C1CC1C(=O)NC1CCCCC1. The van der Waals surface area contributed by atoms with E-state index in [4.69, 9.17) is 4.74 Å². The summed E-state index contributed by atoms with van der Waals surface area (Å²) in [6, 6.07) is 17.6. The Labute approximate surface area is 171 Å². The molecule has 2 saturated carbocycles. The van der Waals surface area contributed by atoms with Crippen molar-refractivity contribution >= 4 is 17.5 Å². The van der Waals surface area contributed by atoms with Gasteiger partial charge in [-0.05, 0) is 49.1 Å². The Bertz CT molecular complexity index is 829. The third-order valence-corrected chi connectivity index (χ3v) is 5.79. The summed E-state index contributed by atoms with van der Waals surface area (Å²) in [7, 11) is 0. The highest BCUT2D eigenvalue weighted by atomic mass is 16.5. The topological polar surface area (TPSA) is 67.4 Å². The molecule has 0 spiro atoms. The van der Waals surface area contributed by atoms with E-state index in [-0.39, 0.29) is 23.7 Å². The van der Waals surface area contributed by atoms with Crippen molar-refractivity contribution in [3.63, 3.8) is 0 Å². The molecule has 2 aliphatic rings. The van der Waals surface area contributed by atoms with Gasteiger partial charge in [0.05, 0.1) is 11.8 Å². The molecule has 2 atom stereocenters. The zero-order valence-corrected chi connectivity index (χ0v) is 16.6. The summed E-state index contributed by atoms with van der Waals surface area (Å²) in [4.78, 5) is 24.8. The Kier molecular flexibility index (Phi) is 6.13. The summed E-state index contributed by atoms with van der Waals surface area (Å²) < 4.78 is 5.77. The Morgan fingerprint density at radius 1 is 0.862 bits per heavy atom. The monoisotopic (exact) mass is 392 g/mol. The molecule has 2 aliphatic carbocycles. The third kappa shape index (κ3) is 5.37. The van der Waals surface area contributed by atoms with Gasteiger partial charge in [-0.3, -0.25) is 9.59 Å². The highest BCUT2D eigenvalue weighted by Crippen LogP contribution is 2.40. The van der Waals surface area contributed by atoms with Crippen molar-refractivity contribution < 1.29 is 14.3 Å². The van der Waals surface area contributed by atoms with Crippen LogP contribution in [0.4, 0.5) is 5.69 Å². The second-order valence-corrected chi connectivity index (χ2v) is 8.08. The molecule has 2 unspecified atom stereocenters. The van der Waals surface area contributed by atoms with Gasteiger partial charge < -0.3 is 15.4 Å². The molecule has 2 aromatic carbocycles. The van der Waals surface area contributed by atoms with E-state index in [1.54, 1.807) is 0 Å². The van der Waals surface area contributed by atoms with Gasteiger partial charge in [-0.15, -0.1) is 0 Å². The maximum atomic E-state index is 12.5. The summed E-state index contributed by atoms with van der Waals surface area (Å²) >= 11 is 0. The molecule has 2 fully saturated rings. The molecule has 2 amide bonds. The zero-order valence-electron chi connectivity index (χ0n) is 16.6. The molecule has 0 aliphatic heterocycles. The molecule has 152 valence electrons. The minimum Gasteiger partial charge on any atom is -0.489 e. The molecule has 0 bridgehead atoms. The number of amides is 2. The van der Waals surface area contributed by atoms with Gasteiger partial charge >= 0.3 is 0 Å². The normalized spacial score (nSPS) is 21.2. The van der Waals surface area contributed by atoms with Crippen LogP contribution in [-0.2, 0) is 16.2 Å². The lowest BCUT2D eigenvalue weighted by Crippen LogP contribution is -2.37. The molecular formula is C24H28N2O3. The van der Waals surface area contributed by atoms with Gasteiger partial charge in [0.15, 0.2) is 0 Å². The van der Waals surface area contributed by atoms with Gasteiger partial charge in [0.2, 0.25) is 11.8 Å². The average Bonchev–Trinajstić information content (AvgIpc) is 3.56. The fraction of sp³-hybridized carbons (Fsp3) is 0.417. The van der Waals surface area contributed by atoms with E-state index in [1.807, 2.05) is 54.6 Å². The number of benzene rings is 2. The van der Waals surface area contributed by atoms with Crippen molar-refractivity contribution in [1.82, 2.24) is 5.32 Å². The van der Waals surface area contributed by atoms with Gasteiger partial charge in [0.1, 0.15) is 12.4 Å². The quantitative estimate of drug-likeness (QED) is 0.739. The molecule has 5 nitrogen and oxygen atoms in total. The van der Waals surface area contributed by atoms with Crippen molar-refractivity contribution in [2.75, 3.05) is 5.32 Å². The summed E-state index contributed by atoms with van der Waals surface area (Å²) in [6.07, 6.45) is 6.40. The van der Waals surface area contributed by atoms with Gasteiger partial charge in [0, 0.05) is 11.7 Å². The van der Waals surface area contributed by atoms with Crippen LogP contribution >= 0.6 is 0 Å². The van der Waals surface area contributed by atoms with Crippen molar-refractivity contribution in [1.29, 1.82) is 0 Å². The minimum absolute atomic E-state index is 0.0432. The Morgan fingerprint density at radius 3 is 2.28 bits per heavy atom. The van der Waals surface area contributed by atoms with Crippen molar-refractivity contribution in [3.05, 3.63) is 60.2 Å². The highest BCUT2D eigenvalue weighted by molar-refractivity contribution is 5.99. The van der Waals surface area contributed by atoms with Crippen LogP contribution < -0.4 is 15.4 Å². The molecule has 0 radical (unpaired) electrons. The van der Waals surface area contributed by atoms with E-state index in [2.05, 4.69) is 10.6 Å². The number of carbonyl (C=O) groups is 2. The number of carbonyl (C=O) groups excluding carboxylic acids is 2. The predicted molar refractivity (Wildman–Crippen MR) is 112 cm³/mol. The molecule has 0 saturated heterocycles. The smallest absolute Gasteiger partial charge is 0.228 e.